The number of halogens is 1. The molecule has 1 heterocycles. The zero-order chi connectivity index (χ0) is 17.7. The van der Waals surface area contributed by atoms with Crippen molar-refractivity contribution in [3.63, 3.8) is 0 Å². The van der Waals surface area contributed by atoms with Gasteiger partial charge in [0.05, 0.1) is 38.4 Å². The number of nitrogens with one attached hydrogen (secondary N) is 1. The van der Waals surface area contributed by atoms with Gasteiger partial charge in [0.25, 0.3) is 0 Å². The maximum Gasteiger partial charge on any atom is 0.308 e. The van der Waals surface area contributed by atoms with Gasteiger partial charge in [-0.3, -0.25) is 4.79 Å². The molecule has 1 aromatic carbocycles. The fraction of sp³-hybridized carbons (Fsp3) is 0.533. The van der Waals surface area contributed by atoms with Crippen LogP contribution in [0.1, 0.15) is 19.3 Å². The minimum Gasteiger partial charge on any atom is -0.469 e. The first-order chi connectivity index (χ1) is 11.4. The molecule has 1 saturated heterocycles. The summed E-state index contributed by atoms with van der Waals surface area (Å²) in [6.07, 6.45) is -0.491. The minimum atomic E-state index is -4.09. The van der Waals surface area contributed by atoms with Crippen LogP contribution >= 0.6 is 0 Å². The number of aliphatic hydroxyl groups is 1. The number of esters is 1. The Morgan fingerprint density at radius 2 is 2.12 bits per heavy atom. The van der Waals surface area contributed by atoms with Gasteiger partial charge in [-0.05, 0) is 25.0 Å². The first kappa shape index (κ1) is 18.8. The molecule has 0 aliphatic carbocycles. The first-order valence-corrected chi connectivity index (χ1v) is 8.95. The van der Waals surface area contributed by atoms with Crippen LogP contribution in [0.5, 0.6) is 0 Å². The molecule has 0 aromatic heterocycles. The first-order valence-electron chi connectivity index (χ1n) is 7.47. The van der Waals surface area contributed by atoms with Crippen molar-refractivity contribution in [2.75, 3.05) is 13.7 Å². The summed E-state index contributed by atoms with van der Waals surface area (Å²) in [5, 5.41) is 9.44. The average Bonchev–Trinajstić information content (AvgIpc) is 2.56. The van der Waals surface area contributed by atoms with E-state index >= 15 is 0 Å². The van der Waals surface area contributed by atoms with Gasteiger partial charge in [0.15, 0.2) is 0 Å². The zero-order valence-electron chi connectivity index (χ0n) is 13.1. The summed E-state index contributed by atoms with van der Waals surface area (Å²) in [5.41, 5.74) is 0. The molecule has 1 aromatic rings. The highest BCUT2D eigenvalue weighted by molar-refractivity contribution is 7.89. The minimum absolute atomic E-state index is 0.0276. The van der Waals surface area contributed by atoms with E-state index in [1.807, 2.05) is 0 Å². The molecule has 0 bridgehead atoms. The van der Waals surface area contributed by atoms with Gasteiger partial charge >= 0.3 is 5.97 Å². The average molecular weight is 361 g/mol. The van der Waals surface area contributed by atoms with Crippen molar-refractivity contribution in [3.05, 3.63) is 30.1 Å². The maximum absolute atomic E-state index is 13.7. The molecule has 0 amide bonds. The van der Waals surface area contributed by atoms with Crippen molar-refractivity contribution >= 4 is 16.0 Å². The van der Waals surface area contributed by atoms with Gasteiger partial charge in [-0.2, -0.15) is 0 Å². The lowest BCUT2D eigenvalue weighted by Crippen LogP contribution is -2.51. The number of hydrogen-bond acceptors (Lipinski definition) is 6. The number of hydrogen-bond donors (Lipinski definition) is 2. The van der Waals surface area contributed by atoms with E-state index in [-0.39, 0.29) is 6.42 Å². The van der Waals surface area contributed by atoms with E-state index in [2.05, 4.69) is 9.46 Å². The third-order valence-electron chi connectivity index (χ3n) is 3.85. The van der Waals surface area contributed by atoms with Gasteiger partial charge in [-0.25, -0.2) is 17.5 Å². The summed E-state index contributed by atoms with van der Waals surface area (Å²) in [5.74, 6) is -1.30. The topological polar surface area (TPSA) is 102 Å². The molecule has 7 nitrogen and oxygen atoms in total. The molecule has 1 aliphatic heterocycles. The lowest BCUT2D eigenvalue weighted by atomic mass is 9.98. The van der Waals surface area contributed by atoms with E-state index in [0.717, 1.165) is 12.1 Å². The summed E-state index contributed by atoms with van der Waals surface area (Å²) < 4.78 is 50.9. The number of benzene rings is 1. The Morgan fingerprint density at radius 1 is 1.42 bits per heavy atom. The fourth-order valence-electron chi connectivity index (χ4n) is 2.61. The summed E-state index contributed by atoms with van der Waals surface area (Å²) in [6.45, 7) is -0.428. The molecule has 0 radical (unpaired) electrons. The Labute approximate surface area is 139 Å². The molecule has 0 unspecified atom stereocenters. The van der Waals surface area contributed by atoms with Crippen molar-refractivity contribution in [1.29, 1.82) is 0 Å². The van der Waals surface area contributed by atoms with Crippen LogP contribution in [-0.4, -0.2) is 51.5 Å². The van der Waals surface area contributed by atoms with Gasteiger partial charge in [-0.1, -0.05) is 12.1 Å². The quantitative estimate of drug-likeness (QED) is 0.719. The van der Waals surface area contributed by atoms with Crippen LogP contribution in [-0.2, 0) is 24.3 Å². The largest absolute Gasteiger partial charge is 0.469 e. The van der Waals surface area contributed by atoms with Crippen molar-refractivity contribution < 1.29 is 32.2 Å². The van der Waals surface area contributed by atoms with Gasteiger partial charge in [-0.15, -0.1) is 0 Å². The Morgan fingerprint density at radius 3 is 2.75 bits per heavy atom. The van der Waals surface area contributed by atoms with Gasteiger partial charge in [0.1, 0.15) is 10.7 Å². The summed E-state index contributed by atoms with van der Waals surface area (Å²) in [4.78, 5) is 10.8. The van der Waals surface area contributed by atoms with Crippen LogP contribution in [0, 0.1) is 5.82 Å². The van der Waals surface area contributed by atoms with Crippen LogP contribution in [0.2, 0.25) is 0 Å². The van der Waals surface area contributed by atoms with E-state index in [1.54, 1.807) is 0 Å². The van der Waals surface area contributed by atoms with E-state index in [4.69, 9.17) is 4.74 Å². The number of aliphatic hydroxyl groups excluding tert-OH is 1. The maximum atomic E-state index is 13.7. The third kappa shape index (κ3) is 4.50. The van der Waals surface area contributed by atoms with Crippen molar-refractivity contribution in [3.8, 4) is 0 Å². The Balaban J connectivity index is 2.07. The monoisotopic (exact) mass is 361 g/mol. The molecular formula is C15H20FNO6S. The molecule has 1 aliphatic rings. The Kier molecular flexibility index (Phi) is 6.27. The normalized spacial score (nSPS) is 24.5. The number of carbonyl (C=O) groups is 1. The molecule has 2 N–H and O–H groups in total. The van der Waals surface area contributed by atoms with Gasteiger partial charge in [0, 0.05) is 0 Å². The second-order valence-electron chi connectivity index (χ2n) is 5.49. The molecule has 1 fully saturated rings. The smallest absolute Gasteiger partial charge is 0.308 e. The summed E-state index contributed by atoms with van der Waals surface area (Å²) >= 11 is 0. The number of ether oxygens (including phenoxy) is 2. The highest BCUT2D eigenvalue weighted by Gasteiger charge is 2.35. The van der Waals surface area contributed by atoms with E-state index < -0.39 is 51.6 Å². The number of rotatable bonds is 6. The van der Waals surface area contributed by atoms with E-state index in [9.17, 15) is 22.7 Å². The predicted octanol–water partition coefficient (Wildman–Crippen LogP) is 0.576. The summed E-state index contributed by atoms with van der Waals surface area (Å²) in [6, 6.07) is 4.32. The Hall–Kier alpha value is -1.55. The zero-order valence-corrected chi connectivity index (χ0v) is 14.0. The molecule has 0 spiro atoms. The number of carbonyl (C=O) groups excluding carboxylic acids is 1. The summed E-state index contributed by atoms with van der Waals surface area (Å²) in [7, 11) is -2.82. The van der Waals surface area contributed by atoms with Crippen LogP contribution in [0.25, 0.3) is 0 Å². The molecular weight excluding hydrogens is 341 g/mol. The van der Waals surface area contributed by atoms with Crippen molar-refractivity contribution in [2.24, 2.45) is 0 Å². The van der Waals surface area contributed by atoms with Crippen molar-refractivity contribution in [2.45, 2.75) is 42.4 Å². The van der Waals surface area contributed by atoms with Crippen LogP contribution < -0.4 is 4.72 Å². The molecule has 2 rings (SSSR count). The second kappa shape index (κ2) is 8.02. The number of sulfonamides is 1. The molecule has 24 heavy (non-hydrogen) atoms. The Bertz CT molecular complexity index is 680. The molecule has 3 atom stereocenters. The second-order valence-corrected chi connectivity index (χ2v) is 7.18. The molecule has 9 heteroatoms. The molecule has 134 valence electrons. The van der Waals surface area contributed by atoms with Crippen LogP contribution in [0.4, 0.5) is 4.39 Å². The molecule has 0 saturated carbocycles. The fourth-order valence-corrected chi connectivity index (χ4v) is 3.99. The lowest BCUT2D eigenvalue weighted by molar-refractivity contribution is -0.149. The highest BCUT2D eigenvalue weighted by Crippen LogP contribution is 2.24. The van der Waals surface area contributed by atoms with Crippen LogP contribution in [0.3, 0.4) is 0 Å². The van der Waals surface area contributed by atoms with E-state index in [0.29, 0.717) is 12.8 Å². The standard InChI is InChI=1S/C15H20FNO6S/c1-22-15(19)8-10-6-7-12(13(9-18)23-10)17-24(20,21)14-5-3-2-4-11(14)16/h2-5,10,12-13,17-18H,6-9H2,1H3/t10-,12+,13+/m0/s1. The lowest BCUT2D eigenvalue weighted by Gasteiger charge is -2.35. The predicted molar refractivity (Wildman–Crippen MR) is 82.1 cm³/mol. The van der Waals surface area contributed by atoms with E-state index in [1.165, 1.54) is 19.2 Å². The van der Waals surface area contributed by atoms with Crippen molar-refractivity contribution in [1.82, 2.24) is 4.72 Å². The third-order valence-corrected chi connectivity index (χ3v) is 5.37. The van der Waals surface area contributed by atoms with Gasteiger partial charge < -0.3 is 14.6 Å². The van der Waals surface area contributed by atoms with Crippen LogP contribution in [0.15, 0.2) is 29.2 Å². The van der Waals surface area contributed by atoms with Gasteiger partial charge in [0.2, 0.25) is 10.0 Å². The highest BCUT2D eigenvalue weighted by atomic mass is 32.2. The SMILES string of the molecule is COC(=O)C[C@@H]1CC[C@@H](NS(=O)(=O)c2ccccc2F)[C@@H](CO)O1. The number of methoxy groups -OCH3 is 1.